The molecule has 0 radical (unpaired) electrons. The number of aromatic nitrogens is 3. The average Bonchev–Trinajstić information content (AvgIpc) is 3.08. The molecule has 3 heterocycles. The first-order chi connectivity index (χ1) is 12.3. The number of likely N-dealkylation sites (tertiary alicyclic amines) is 1. The molecule has 1 N–H and O–H groups in total. The van der Waals surface area contributed by atoms with Crippen molar-refractivity contribution in [2.45, 2.75) is 38.4 Å². The van der Waals surface area contributed by atoms with Crippen molar-refractivity contribution < 1.29 is 9.53 Å². The third-order valence-corrected chi connectivity index (χ3v) is 4.44. The Morgan fingerprint density at radius 2 is 2.32 bits per heavy atom. The van der Waals surface area contributed by atoms with Crippen LogP contribution in [-0.4, -0.2) is 51.9 Å². The Labute approximate surface area is 148 Å². The van der Waals surface area contributed by atoms with Crippen molar-refractivity contribution in [2.75, 3.05) is 25.6 Å². The molecule has 0 aromatic carbocycles. The Kier molecular flexibility index (Phi) is 6.14. The lowest BCUT2D eigenvalue weighted by Gasteiger charge is -2.34. The molecular formula is C18H25N5O2. The van der Waals surface area contributed by atoms with Crippen LogP contribution in [0.15, 0.2) is 36.8 Å². The van der Waals surface area contributed by atoms with E-state index < -0.39 is 0 Å². The van der Waals surface area contributed by atoms with E-state index in [1.54, 1.807) is 18.0 Å². The largest absolute Gasteiger partial charge is 0.383 e. The van der Waals surface area contributed by atoms with Crippen LogP contribution >= 0.6 is 0 Å². The Balaban J connectivity index is 1.61. The van der Waals surface area contributed by atoms with Gasteiger partial charge in [0, 0.05) is 38.3 Å². The van der Waals surface area contributed by atoms with Gasteiger partial charge in [-0.2, -0.15) is 5.10 Å². The molecule has 2 aromatic rings. The predicted molar refractivity (Wildman–Crippen MR) is 95.0 cm³/mol. The summed E-state index contributed by atoms with van der Waals surface area (Å²) >= 11 is 0. The van der Waals surface area contributed by atoms with Gasteiger partial charge in [-0.25, -0.2) is 0 Å². The zero-order valence-corrected chi connectivity index (χ0v) is 14.6. The number of carbonyl (C=O) groups is 1. The Hall–Kier alpha value is -2.25. The summed E-state index contributed by atoms with van der Waals surface area (Å²) in [6, 6.07) is 5.68. The zero-order valence-electron chi connectivity index (χ0n) is 14.6. The van der Waals surface area contributed by atoms with Crippen LogP contribution in [-0.2, 0) is 22.6 Å². The first-order valence-corrected chi connectivity index (χ1v) is 8.72. The van der Waals surface area contributed by atoms with Crippen molar-refractivity contribution in [1.29, 1.82) is 0 Å². The normalized spacial score (nSPS) is 18.2. The number of piperidine rings is 1. The number of nitrogens with zero attached hydrogens (tertiary/aromatic N) is 4. The molecule has 1 amide bonds. The number of nitrogens with one attached hydrogen (secondary N) is 1. The lowest BCUT2D eigenvalue weighted by molar-refractivity contribution is -0.122. The number of ether oxygens (including phenoxy) is 1. The van der Waals surface area contributed by atoms with Crippen molar-refractivity contribution in [2.24, 2.45) is 0 Å². The second-order valence-electron chi connectivity index (χ2n) is 6.29. The Bertz CT molecular complexity index is 673. The molecule has 0 aliphatic carbocycles. The van der Waals surface area contributed by atoms with Crippen LogP contribution in [0.25, 0.3) is 0 Å². The van der Waals surface area contributed by atoms with Crippen molar-refractivity contribution in [3.05, 3.63) is 42.4 Å². The van der Waals surface area contributed by atoms with Gasteiger partial charge in [0.1, 0.15) is 0 Å². The van der Waals surface area contributed by atoms with Gasteiger partial charge in [-0.1, -0.05) is 12.5 Å². The fourth-order valence-corrected chi connectivity index (χ4v) is 3.15. The number of anilines is 1. The molecule has 1 fully saturated rings. The number of amides is 1. The summed E-state index contributed by atoms with van der Waals surface area (Å²) < 4.78 is 6.81. The minimum absolute atomic E-state index is 0.0144. The Morgan fingerprint density at radius 1 is 1.40 bits per heavy atom. The van der Waals surface area contributed by atoms with Gasteiger partial charge in [0.25, 0.3) is 0 Å². The van der Waals surface area contributed by atoms with Gasteiger partial charge in [0.05, 0.1) is 19.2 Å². The van der Waals surface area contributed by atoms with Crippen LogP contribution in [0.2, 0.25) is 0 Å². The molecule has 7 nitrogen and oxygen atoms in total. The quantitative estimate of drug-likeness (QED) is 0.831. The molecule has 1 saturated heterocycles. The van der Waals surface area contributed by atoms with Gasteiger partial charge in [-0.3, -0.25) is 19.4 Å². The maximum absolute atomic E-state index is 12.7. The van der Waals surface area contributed by atoms with E-state index in [-0.39, 0.29) is 11.9 Å². The summed E-state index contributed by atoms with van der Waals surface area (Å²) in [7, 11) is 1.66. The monoisotopic (exact) mass is 343 g/mol. The highest BCUT2D eigenvalue weighted by molar-refractivity contribution is 5.94. The third-order valence-electron chi connectivity index (χ3n) is 4.44. The first kappa shape index (κ1) is 17.6. The second-order valence-corrected chi connectivity index (χ2v) is 6.29. The molecule has 134 valence electrons. The molecule has 1 atom stereocenters. The van der Waals surface area contributed by atoms with Crippen LogP contribution < -0.4 is 5.32 Å². The van der Waals surface area contributed by atoms with Gasteiger partial charge in [0.15, 0.2) is 5.82 Å². The van der Waals surface area contributed by atoms with Gasteiger partial charge in [-0.15, -0.1) is 0 Å². The minimum atomic E-state index is -0.127. The average molecular weight is 343 g/mol. The van der Waals surface area contributed by atoms with Crippen LogP contribution in [0, 0.1) is 0 Å². The van der Waals surface area contributed by atoms with Crippen molar-refractivity contribution >= 4 is 11.7 Å². The predicted octanol–water partition coefficient (Wildman–Crippen LogP) is 1.92. The molecule has 3 rings (SSSR count). The summed E-state index contributed by atoms with van der Waals surface area (Å²) in [4.78, 5) is 19.1. The smallest absolute Gasteiger partial charge is 0.242 e. The van der Waals surface area contributed by atoms with Crippen LogP contribution in [0.3, 0.4) is 0 Å². The van der Waals surface area contributed by atoms with Crippen molar-refractivity contribution in [1.82, 2.24) is 19.7 Å². The van der Waals surface area contributed by atoms with Crippen molar-refractivity contribution in [3.8, 4) is 0 Å². The molecular weight excluding hydrogens is 318 g/mol. The highest BCUT2D eigenvalue weighted by Gasteiger charge is 2.29. The molecule has 1 aliphatic heterocycles. The first-order valence-electron chi connectivity index (χ1n) is 8.72. The highest BCUT2D eigenvalue weighted by atomic mass is 16.5. The molecule has 0 bridgehead atoms. The summed E-state index contributed by atoms with van der Waals surface area (Å²) in [5, 5.41) is 7.32. The molecule has 0 spiro atoms. The summed E-state index contributed by atoms with van der Waals surface area (Å²) in [6.45, 7) is 2.93. The SMILES string of the molecule is COCCn1ccc(NC(=O)C2CCCCN2Cc2cccnc2)n1. The molecule has 2 aromatic heterocycles. The number of methoxy groups -OCH3 is 1. The maximum Gasteiger partial charge on any atom is 0.242 e. The van der Waals surface area contributed by atoms with Gasteiger partial charge < -0.3 is 10.1 Å². The number of hydrogen-bond donors (Lipinski definition) is 1. The summed E-state index contributed by atoms with van der Waals surface area (Å²) in [5.74, 6) is 0.605. The van der Waals surface area contributed by atoms with Gasteiger partial charge >= 0.3 is 0 Å². The van der Waals surface area contributed by atoms with E-state index >= 15 is 0 Å². The zero-order chi connectivity index (χ0) is 17.5. The standard InChI is InChI=1S/C18H25N5O2/c1-25-12-11-23-10-7-17(21-23)20-18(24)16-6-2-3-9-22(16)14-15-5-4-8-19-13-15/h4-5,7-8,10,13,16H,2-3,6,9,11-12,14H2,1H3,(H,20,21,24). The van der Waals surface area contributed by atoms with Gasteiger partial charge in [-0.05, 0) is 31.0 Å². The van der Waals surface area contributed by atoms with E-state index in [0.29, 0.717) is 19.0 Å². The fourth-order valence-electron chi connectivity index (χ4n) is 3.15. The molecule has 7 heteroatoms. The van der Waals surface area contributed by atoms with E-state index in [1.807, 2.05) is 30.6 Å². The third kappa shape index (κ3) is 4.87. The number of rotatable bonds is 7. The van der Waals surface area contributed by atoms with Crippen LogP contribution in [0.5, 0.6) is 0 Å². The number of carbonyl (C=O) groups excluding carboxylic acids is 1. The van der Waals surface area contributed by atoms with E-state index in [0.717, 1.165) is 37.9 Å². The second kappa shape index (κ2) is 8.73. The molecule has 0 saturated carbocycles. The number of hydrogen-bond acceptors (Lipinski definition) is 5. The van der Waals surface area contributed by atoms with Crippen molar-refractivity contribution in [3.63, 3.8) is 0 Å². The van der Waals surface area contributed by atoms with Gasteiger partial charge in [0.2, 0.25) is 5.91 Å². The topological polar surface area (TPSA) is 72.3 Å². The van der Waals surface area contributed by atoms with E-state index in [4.69, 9.17) is 4.74 Å². The Morgan fingerprint density at radius 3 is 3.12 bits per heavy atom. The van der Waals surface area contributed by atoms with Crippen LogP contribution in [0.1, 0.15) is 24.8 Å². The fraction of sp³-hybridized carbons (Fsp3) is 0.500. The molecule has 1 aliphatic rings. The number of pyridine rings is 1. The lowest BCUT2D eigenvalue weighted by atomic mass is 10.0. The van der Waals surface area contributed by atoms with E-state index in [9.17, 15) is 4.79 Å². The summed E-state index contributed by atoms with van der Waals surface area (Å²) in [5.41, 5.74) is 1.13. The maximum atomic E-state index is 12.7. The molecule has 1 unspecified atom stereocenters. The minimum Gasteiger partial charge on any atom is -0.383 e. The lowest BCUT2D eigenvalue weighted by Crippen LogP contribution is -2.46. The van der Waals surface area contributed by atoms with E-state index in [2.05, 4.69) is 20.3 Å². The highest BCUT2D eigenvalue weighted by Crippen LogP contribution is 2.20. The summed E-state index contributed by atoms with van der Waals surface area (Å²) in [6.07, 6.45) is 8.55. The van der Waals surface area contributed by atoms with Crippen LogP contribution in [0.4, 0.5) is 5.82 Å². The van der Waals surface area contributed by atoms with E-state index in [1.165, 1.54) is 0 Å². The molecule has 25 heavy (non-hydrogen) atoms.